The van der Waals surface area contributed by atoms with Gasteiger partial charge in [0.2, 0.25) is 5.91 Å². The van der Waals surface area contributed by atoms with Gasteiger partial charge in [-0.1, -0.05) is 66.7 Å². The smallest absolute Gasteiger partial charge is 0.225 e. The van der Waals surface area contributed by atoms with Crippen LogP contribution in [-0.2, 0) is 4.79 Å². The lowest BCUT2D eigenvalue weighted by Crippen LogP contribution is -2.17. The van der Waals surface area contributed by atoms with Gasteiger partial charge in [-0.15, -0.1) is 0 Å². The second kappa shape index (κ2) is 7.67. The van der Waals surface area contributed by atoms with Crippen molar-refractivity contribution >= 4 is 11.6 Å². The maximum Gasteiger partial charge on any atom is 0.225 e. The molecule has 0 heterocycles. The number of hydrogen-bond acceptors (Lipinski definition) is 2. The van der Waals surface area contributed by atoms with Crippen LogP contribution in [0, 0.1) is 6.92 Å². The van der Waals surface area contributed by atoms with Crippen LogP contribution in [0.3, 0.4) is 0 Å². The number of carbonyl (C=O) groups is 1. The summed E-state index contributed by atoms with van der Waals surface area (Å²) in [6.45, 7) is 1.97. The van der Waals surface area contributed by atoms with Crippen molar-refractivity contribution in [1.82, 2.24) is 0 Å². The molecule has 0 aliphatic rings. The summed E-state index contributed by atoms with van der Waals surface area (Å²) in [6.07, 6.45) is 0.260. The number of anilines is 1. The fourth-order valence-electron chi connectivity index (χ4n) is 2.97. The van der Waals surface area contributed by atoms with E-state index in [0.29, 0.717) is 0 Å². The van der Waals surface area contributed by atoms with Crippen LogP contribution < -0.4 is 5.32 Å². The maximum absolute atomic E-state index is 12.6. The molecular formula is C22H21NO2. The van der Waals surface area contributed by atoms with Crippen molar-refractivity contribution in [3.63, 3.8) is 0 Å². The zero-order valence-electron chi connectivity index (χ0n) is 14.1. The van der Waals surface area contributed by atoms with Crippen molar-refractivity contribution in [2.45, 2.75) is 19.3 Å². The molecule has 0 spiro atoms. The summed E-state index contributed by atoms with van der Waals surface area (Å²) in [6, 6.07) is 24.7. The Balaban J connectivity index is 1.87. The summed E-state index contributed by atoms with van der Waals surface area (Å²) in [5.74, 6) is -0.0714. The zero-order chi connectivity index (χ0) is 17.6. The minimum atomic E-state index is -0.202. The zero-order valence-corrected chi connectivity index (χ0v) is 14.1. The van der Waals surface area contributed by atoms with Crippen molar-refractivity contribution in [3.05, 3.63) is 95.6 Å². The Bertz CT molecular complexity index is 859. The van der Waals surface area contributed by atoms with Crippen molar-refractivity contribution in [1.29, 1.82) is 0 Å². The summed E-state index contributed by atoms with van der Waals surface area (Å²) in [7, 11) is 0. The molecule has 1 unspecified atom stereocenters. The van der Waals surface area contributed by atoms with Gasteiger partial charge in [-0.25, -0.2) is 0 Å². The molecule has 0 radical (unpaired) electrons. The average molecular weight is 331 g/mol. The van der Waals surface area contributed by atoms with E-state index >= 15 is 0 Å². The highest BCUT2D eigenvalue weighted by molar-refractivity contribution is 5.92. The Hall–Kier alpha value is -3.07. The van der Waals surface area contributed by atoms with E-state index in [2.05, 4.69) is 5.32 Å². The van der Waals surface area contributed by atoms with Crippen LogP contribution in [0.5, 0.6) is 5.75 Å². The summed E-state index contributed by atoms with van der Waals surface area (Å²) < 4.78 is 0. The Morgan fingerprint density at radius 1 is 0.920 bits per heavy atom. The third-order valence-corrected chi connectivity index (χ3v) is 4.32. The Morgan fingerprint density at radius 2 is 1.56 bits per heavy atom. The number of benzene rings is 3. The van der Waals surface area contributed by atoms with Gasteiger partial charge >= 0.3 is 0 Å². The molecule has 0 fully saturated rings. The molecule has 25 heavy (non-hydrogen) atoms. The second-order valence-electron chi connectivity index (χ2n) is 6.09. The molecule has 0 bridgehead atoms. The molecule has 1 amide bonds. The Kier molecular flexibility index (Phi) is 5.14. The van der Waals surface area contributed by atoms with Crippen LogP contribution >= 0.6 is 0 Å². The van der Waals surface area contributed by atoms with Crippen molar-refractivity contribution in [3.8, 4) is 5.75 Å². The standard InChI is InChI=1S/C22H21NO2/c1-16-9-5-7-13-20(16)23-22(25)15-19(17-10-3-2-4-11-17)18-12-6-8-14-21(18)24/h2-14,19,24H,15H2,1H3,(H,23,25). The number of phenolic OH excluding ortho intramolecular Hbond substituents is 1. The first kappa shape index (κ1) is 16.8. The van der Waals surface area contributed by atoms with Gasteiger partial charge in [-0.05, 0) is 30.2 Å². The Morgan fingerprint density at radius 3 is 2.28 bits per heavy atom. The van der Waals surface area contributed by atoms with Gasteiger partial charge in [0.1, 0.15) is 5.75 Å². The minimum Gasteiger partial charge on any atom is -0.508 e. The molecule has 3 aromatic carbocycles. The number of aromatic hydroxyl groups is 1. The van der Waals surface area contributed by atoms with Crippen LogP contribution in [0.15, 0.2) is 78.9 Å². The molecule has 0 aromatic heterocycles. The largest absolute Gasteiger partial charge is 0.508 e. The van der Waals surface area contributed by atoms with E-state index in [-0.39, 0.29) is 24.0 Å². The van der Waals surface area contributed by atoms with Gasteiger partial charge in [0, 0.05) is 23.6 Å². The van der Waals surface area contributed by atoms with E-state index in [9.17, 15) is 9.90 Å². The molecular weight excluding hydrogens is 310 g/mol. The summed E-state index contributed by atoms with van der Waals surface area (Å²) in [5, 5.41) is 13.2. The molecule has 0 saturated heterocycles. The second-order valence-corrected chi connectivity index (χ2v) is 6.09. The van der Waals surface area contributed by atoms with Gasteiger partial charge < -0.3 is 10.4 Å². The SMILES string of the molecule is Cc1ccccc1NC(=O)CC(c1ccccc1)c1ccccc1O. The minimum absolute atomic E-state index is 0.0774. The van der Waals surface area contributed by atoms with E-state index in [1.54, 1.807) is 12.1 Å². The first-order valence-corrected chi connectivity index (χ1v) is 8.33. The van der Waals surface area contributed by atoms with Gasteiger partial charge in [-0.2, -0.15) is 0 Å². The van der Waals surface area contributed by atoms with Crippen molar-refractivity contribution in [2.24, 2.45) is 0 Å². The molecule has 0 saturated carbocycles. The highest BCUT2D eigenvalue weighted by atomic mass is 16.3. The summed E-state index contributed by atoms with van der Waals surface area (Å²) in [4.78, 5) is 12.6. The van der Waals surface area contributed by atoms with Crippen LogP contribution in [0.4, 0.5) is 5.69 Å². The van der Waals surface area contributed by atoms with Crippen LogP contribution in [0.2, 0.25) is 0 Å². The number of amides is 1. The number of carbonyl (C=O) groups excluding carboxylic acids is 1. The van der Waals surface area contributed by atoms with E-state index in [4.69, 9.17) is 0 Å². The van der Waals surface area contributed by atoms with E-state index in [0.717, 1.165) is 22.4 Å². The summed E-state index contributed by atoms with van der Waals surface area (Å²) >= 11 is 0. The van der Waals surface area contributed by atoms with E-state index in [1.165, 1.54) is 0 Å². The monoisotopic (exact) mass is 331 g/mol. The van der Waals surface area contributed by atoms with Crippen LogP contribution in [0.25, 0.3) is 0 Å². The fourth-order valence-corrected chi connectivity index (χ4v) is 2.97. The van der Waals surface area contributed by atoms with Gasteiger partial charge in [-0.3, -0.25) is 4.79 Å². The number of rotatable bonds is 5. The molecule has 0 aliphatic heterocycles. The molecule has 126 valence electrons. The third kappa shape index (κ3) is 4.07. The van der Waals surface area contributed by atoms with Crippen molar-refractivity contribution in [2.75, 3.05) is 5.32 Å². The molecule has 2 N–H and O–H groups in total. The third-order valence-electron chi connectivity index (χ3n) is 4.32. The highest BCUT2D eigenvalue weighted by Crippen LogP contribution is 2.34. The molecule has 3 rings (SSSR count). The van der Waals surface area contributed by atoms with E-state index in [1.807, 2.05) is 73.7 Å². The topological polar surface area (TPSA) is 49.3 Å². The maximum atomic E-state index is 12.6. The van der Waals surface area contributed by atoms with Gasteiger partial charge in [0.05, 0.1) is 0 Å². The molecule has 3 aromatic rings. The average Bonchev–Trinajstić information content (AvgIpc) is 2.63. The number of aryl methyl sites for hydroxylation is 1. The lowest BCUT2D eigenvalue weighted by atomic mass is 9.87. The highest BCUT2D eigenvalue weighted by Gasteiger charge is 2.21. The van der Waals surface area contributed by atoms with Crippen LogP contribution in [-0.4, -0.2) is 11.0 Å². The predicted molar refractivity (Wildman–Crippen MR) is 101 cm³/mol. The lowest BCUT2D eigenvalue weighted by Gasteiger charge is -2.19. The van der Waals surface area contributed by atoms with Gasteiger partial charge in [0.15, 0.2) is 0 Å². The van der Waals surface area contributed by atoms with Crippen LogP contribution in [0.1, 0.15) is 29.0 Å². The van der Waals surface area contributed by atoms with Crippen molar-refractivity contribution < 1.29 is 9.90 Å². The molecule has 1 atom stereocenters. The first-order valence-electron chi connectivity index (χ1n) is 8.33. The number of nitrogens with one attached hydrogen (secondary N) is 1. The summed E-state index contributed by atoms with van der Waals surface area (Å²) in [5.41, 5.74) is 3.60. The Labute approximate surface area is 148 Å². The molecule has 3 nitrogen and oxygen atoms in total. The van der Waals surface area contributed by atoms with Gasteiger partial charge in [0.25, 0.3) is 0 Å². The molecule has 0 aliphatic carbocycles. The normalized spacial score (nSPS) is 11.7. The number of phenols is 1. The first-order chi connectivity index (χ1) is 12.1. The number of para-hydroxylation sites is 2. The predicted octanol–water partition coefficient (Wildman–Crippen LogP) is 4.86. The fraction of sp³-hybridized carbons (Fsp3) is 0.136. The lowest BCUT2D eigenvalue weighted by molar-refractivity contribution is -0.116. The molecule has 3 heteroatoms. The number of hydrogen-bond donors (Lipinski definition) is 2. The quantitative estimate of drug-likeness (QED) is 0.701. The van der Waals surface area contributed by atoms with E-state index < -0.39 is 0 Å².